The van der Waals surface area contributed by atoms with Gasteiger partial charge < -0.3 is 19.5 Å². The minimum atomic E-state index is -0.616. The summed E-state index contributed by atoms with van der Waals surface area (Å²) in [5.74, 6) is 2.04. The molecule has 0 aromatic heterocycles. The third kappa shape index (κ3) is 3.59. The van der Waals surface area contributed by atoms with E-state index in [0.717, 1.165) is 18.6 Å². The predicted octanol–water partition coefficient (Wildman–Crippen LogP) is 3.46. The van der Waals surface area contributed by atoms with Gasteiger partial charge in [-0.05, 0) is 42.7 Å². The molecule has 142 valence electrons. The molecule has 1 aliphatic heterocycles. The van der Waals surface area contributed by atoms with Gasteiger partial charge in [0.25, 0.3) is 5.91 Å². The maximum atomic E-state index is 12.7. The average molecular weight is 367 g/mol. The standard InChI is InChI=1S/C22H25NO4/c1-25-17-10-8-16(9-11-17)22(12-4-5-13-22)15-23-21(24)20-14-26-18-6-2-3-7-19(18)27-20/h2-3,6-11,20H,4-5,12-15H2,1H3,(H,23,24). The van der Waals surface area contributed by atoms with Crippen molar-refractivity contribution in [3.63, 3.8) is 0 Å². The molecule has 0 spiro atoms. The van der Waals surface area contributed by atoms with E-state index in [4.69, 9.17) is 14.2 Å². The number of carbonyl (C=O) groups is 1. The summed E-state index contributed by atoms with van der Waals surface area (Å²) in [5, 5.41) is 3.12. The number of benzene rings is 2. The van der Waals surface area contributed by atoms with Gasteiger partial charge in [-0.3, -0.25) is 4.79 Å². The van der Waals surface area contributed by atoms with Crippen LogP contribution in [0.5, 0.6) is 17.2 Å². The molecule has 1 unspecified atom stereocenters. The van der Waals surface area contributed by atoms with E-state index in [2.05, 4.69) is 17.4 Å². The molecule has 0 bridgehead atoms. The number of nitrogens with one attached hydrogen (secondary N) is 1. The first-order valence-corrected chi connectivity index (χ1v) is 9.51. The lowest BCUT2D eigenvalue weighted by Crippen LogP contribution is -2.48. The summed E-state index contributed by atoms with van der Waals surface area (Å²) in [4.78, 5) is 12.7. The Morgan fingerprint density at radius 3 is 2.52 bits per heavy atom. The SMILES string of the molecule is COc1ccc(C2(CNC(=O)C3COc4ccccc4O3)CCCC2)cc1. The molecular formula is C22H25NO4. The van der Waals surface area contributed by atoms with E-state index in [1.165, 1.54) is 18.4 Å². The van der Waals surface area contributed by atoms with Crippen LogP contribution in [0.4, 0.5) is 0 Å². The van der Waals surface area contributed by atoms with Gasteiger partial charge >= 0.3 is 0 Å². The van der Waals surface area contributed by atoms with Crippen LogP contribution >= 0.6 is 0 Å². The van der Waals surface area contributed by atoms with Crippen LogP contribution in [0.1, 0.15) is 31.2 Å². The second-order valence-electron chi connectivity index (χ2n) is 7.30. The second kappa shape index (κ2) is 7.51. The molecule has 4 rings (SSSR count). The van der Waals surface area contributed by atoms with E-state index < -0.39 is 6.10 Å². The summed E-state index contributed by atoms with van der Waals surface area (Å²) >= 11 is 0. The van der Waals surface area contributed by atoms with Gasteiger partial charge in [-0.25, -0.2) is 0 Å². The molecule has 2 aromatic carbocycles. The summed E-state index contributed by atoms with van der Waals surface area (Å²) in [5.41, 5.74) is 1.24. The Bertz CT molecular complexity index is 796. The second-order valence-corrected chi connectivity index (χ2v) is 7.30. The lowest BCUT2D eigenvalue weighted by Gasteiger charge is -2.32. The van der Waals surface area contributed by atoms with Gasteiger partial charge in [0.1, 0.15) is 12.4 Å². The fraction of sp³-hybridized carbons (Fsp3) is 0.409. The number of rotatable bonds is 5. The zero-order valence-electron chi connectivity index (χ0n) is 15.6. The van der Waals surface area contributed by atoms with Crippen molar-refractivity contribution in [1.82, 2.24) is 5.32 Å². The number of amides is 1. The monoisotopic (exact) mass is 367 g/mol. The zero-order valence-corrected chi connectivity index (χ0v) is 15.6. The highest BCUT2D eigenvalue weighted by molar-refractivity contribution is 5.82. The number of ether oxygens (including phenoxy) is 3. The molecule has 1 aliphatic carbocycles. The Balaban J connectivity index is 1.43. The Morgan fingerprint density at radius 1 is 1.11 bits per heavy atom. The molecule has 1 atom stereocenters. The Hall–Kier alpha value is -2.69. The van der Waals surface area contributed by atoms with E-state index in [1.54, 1.807) is 7.11 Å². The quantitative estimate of drug-likeness (QED) is 0.879. The highest BCUT2D eigenvalue weighted by Gasteiger charge is 2.37. The fourth-order valence-corrected chi connectivity index (χ4v) is 4.08. The smallest absolute Gasteiger partial charge is 0.264 e. The average Bonchev–Trinajstić information content (AvgIpc) is 3.22. The molecule has 0 saturated heterocycles. The summed E-state index contributed by atoms with van der Waals surface area (Å²) in [6.45, 7) is 0.845. The van der Waals surface area contributed by atoms with Crippen molar-refractivity contribution in [1.29, 1.82) is 0 Å². The van der Waals surface area contributed by atoms with Crippen LogP contribution in [0.25, 0.3) is 0 Å². The molecule has 27 heavy (non-hydrogen) atoms. The van der Waals surface area contributed by atoms with Gasteiger partial charge in [-0.2, -0.15) is 0 Å². The minimum Gasteiger partial charge on any atom is -0.497 e. The highest BCUT2D eigenvalue weighted by Crippen LogP contribution is 2.41. The van der Waals surface area contributed by atoms with Crippen molar-refractivity contribution in [2.75, 3.05) is 20.3 Å². The van der Waals surface area contributed by atoms with Crippen LogP contribution in [0, 0.1) is 0 Å². The molecule has 1 fully saturated rings. The number of hydrogen-bond acceptors (Lipinski definition) is 4. The van der Waals surface area contributed by atoms with Crippen LogP contribution in [0.3, 0.4) is 0 Å². The maximum Gasteiger partial charge on any atom is 0.264 e. The van der Waals surface area contributed by atoms with E-state index in [1.807, 2.05) is 36.4 Å². The van der Waals surface area contributed by atoms with Crippen molar-refractivity contribution >= 4 is 5.91 Å². The van der Waals surface area contributed by atoms with Gasteiger partial charge in [0.05, 0.1) is 7.11 Å². The van der Waals surface area contributed by atoms with Crippen molar-refractivity contribution in [2.24, 2.45) is 0 Å². The Kier molecular flexibility index (Phi) is 4.92. The van der Waals surface area contributed by atoms with Crippen molar-refractivity contribution in [3.8, 4) is 17.2 Å². The molecule has 1 saturated carbocycles. The topological polar surface area (TPSA) is 56.8 Å². The van der Waals surface area contributed by atoms with Crippen LogP contribution in [-0.4, -0.2) is 32.3 Å². The van der Waals surface area contributed by atoms with Crippen molar-refractivity contribution in [2.45, 2.75) is 37.2 Å². The molecular weight excluding hydrogens is 342 g/mol. The highest BCUT2D eigenvalue weighted by atomic mass is 16.6. The van der Waals surface area contributed by atoms with E-state index in [-0.39, 0.29) is 17.9 Å². The van der Waals surface area contributed by atoms with Crippen LogP contribution in [0.15, 0.2) is 48.5 Å². The van der Waals surface area contributed by atoms with Crippen molar-refractivity contribution < 1.29 is 19.0 Å². The number of carbonyl (C=O) groups excluding carboxylic acids is 1. The van der Waals surface area contributed by atoms with Crippen molar-refractivity contribution in [3.05, 3.63) is 54.1 Å². The first kappa shape index (κ1) is 17.7. The maximum absolute atomic E-state index is 12.7. The molecule has 1 N–H and O–H groups in total. The van der Waals surface area contributed by atoms with Crippen LogP contribution in [-0.2, 0) is 10.2 Å². The lowest BCUT2D eigenvalue weighted by atomic mass is 9.78. The van der Waals surface area contributed by atoms with E-state index >= 15 is 0 Å². The predicted molar refractivity (Wildman–Crippen MR) is 103 cm³/mol. The normalized spacial score (nSPS) is 20.1. The third-order valence-corrected chi connectivity index (χ3v) is 5.67. The lowest BCUT2D eigenvalue weighted by molar-refractivity contribution is -0.130. The molecule has 5 nitrogen and oxygen atoms in total. The molecule has 5 heteroatoms. The molecule has 2 aliphatic rings. The van der Waals surface area contributed by atoms with Crippen LogP contribution < -0.4 is 19.5 Å². The number of para-hydroxylation sites is 2. The Labute approximate surface area is 159 Å². The van der Waals surface area contributed by atoms with Gasteiger partial charge in [0, 0.05) is 12.0 Å². The van der Waals surface area contributed by atoms with E-state index in [9.17, 15) is 4.79 Å². The number of hydrogen-bond donors (Lipinski definition) is 1. The summed E-state index contributed by atoms with van der Waals surface area (Å²) < 4.78 is 16.8. The van der Waals surface area contributed by atoms with Gasteiger partial charge in [-0.15, -0.1) is 0 Å². The summed E-state index contributed by atoms with van der Waals surface area (Å²) in [7, 11) is 1.67. The largest absolute Gasteiger partial charge is 0.497 e. The summed E-state index contributed by atoms with van der Waals surface area (Å²) in [6, 6.07) is 15.7. The first-order valence-electron chi connectivity index (χ1n) is 9.51. The first-order chi connectivity index (χ1) is 13.2. The third-order valence-electron chi connectivity index (χ3n) is 5.67. The fourth-order valence-electron chi connectivity index (χ4n) is 4.08. The number of fused-ring (bicyclic) bond motifs is 1. The van der Waals surface area contributed by atoms with E-state index in [0.29, 0.717) is 18.0 Å². The molecule has 0 radical (unpaired) electrons. The van der Waals surface area contributed by atoms with Gasteiger partial charge in [-0.1, -0.05) is 37.1 Å². The van der Waals surface area contributed by atoms with Crippen LogP contribution in [0.2, 0.25) is 0 Å². The number of methoxy groups -OCH3 is 1. The molecule has 2 aromatic rings. The molecule has 1 heterocycles. The Morgan fingerprint density at radius 2 is 1.81 bits per heavy atom. The zero-order chi connectivity index (χ0) is 18.7. The molecule has 1 amide bonds. The van der Waals surface area contributed by atoms with Gasteiger partial charge in [0.2, 0.25) is 6.10 Å². The van der Waals surface area contributed by atoms with Gasteiger partial charge in [0.15, 0.2) is 11.5 Å². The minimum absolute atomic E-state index is 0.0185. The summed E-state index contributed by atoms with van der Waals surface area (Å²) in [6.07, 6.45) is 3.89.